The molecular formula is C12H16ClF2NO. The first-order valence-corrected chi connectivity index (χ1v) is 5.47. The number of alkyl halides is 2. The summed E-state index contributed by atoms with van der Waals surface area (Å²) in [5, 5.41) is 0. The Morgan fingerprint density at radius 2 is 2.00 bits per heavy atom. The van der Waals surface area contributed by atoms with Gasteiger partial charge in [0, 0.05) is 6.04 Å². The fraction of sp³-hybridized carbons (Fsp3) is 0.500. The fourth-order valence-electron chi connectivity index (χ4n) is 1.97. The van der Waals surface area contributed by atoms with E-state index in [-0.39, 0.29) is 24.2 Å². The van der Waals surface area contributed by atoms with Crippen LogP contribution in [0.5, 0.6) is 5.75 Å². The monoisotopic (exact) mass is 263 g/mol. The number of hydrogen-bond acceptors (Lipinski definition) is 2. The van der Waals surface area contributed by atoms with E-state index >= 15 is 0 Å². The Morgan fingerprint density at radius 1 is 1.29 bits per heavy atom. The van der Waals surface area contributed by atoms with Crippen molar-refractivity contribution in [2.24, 2.45) is 11.7 Å². The van der Waals surface area contributed by atoms with Gasteiger partial charge in [0.05, 0.1) is 0 Å². The van der Waals surface area contributed by atoms with E-state index in [2.05, 4.69) is 4.74 Å². The first-order valence-electron chi connectivity index (χ1n) is 5.47. The van der Waals surface area contributed by atoms with Gasteiger partial charge in [0.25, 0.3) is 0 Å². The molecule has 1 atom stereocenters. The summed E-state index contributed by atoms with van der Waals surface area (Å²) < 4.78 is 28.4. The number of benzene rings is 1. The van der Waals surface area contributed by atoms with E-state index in [1.165, 1.54) is 12.5 Å². The van der Waals surface area contributed by atoms with Gasteiger partial charge >= 0.3 is 6.61 Å². The highest BCUT2D eigenvalue weighted by molar-refractivity contribution is 5.85. The van der Waals surface area contributed by atoms with E-state index in [9.17, 15) is 8.78 Å². The smallest absolute Gasteiger partial charge is 0.387 e. The van der Waals surface area contributed by atoms with Gasteiger partial charge in [-0.1, -0.05) is 18.6 Å². The van der Waals surface area contributed by atoms with Crippen LogP contribution < -0.4 is 10.5 Å². The van der Waals surface area contributed by atoms with Gasteiger partial charge < -0.3 is 10.5 Å². The zero-order chi connectivity index (χ0) is 11.5. The third-order valence-corrected chi connectivity index (χ3v) is 3.13. The summed E-state index contributed by atoms with van der Waals surface area (Å²) in [7, 11) is 0. The van der Waals surface area contributed by atoms with Crippen molar-refractivity contribution in [2.45, 2.75) is 31.9 Å². The van der Waals surface area contributed by atoms with Crippen molar-refractivity contribution in [2.75, 3.05) is 0 Å². The molecule has 5 heteroatoms. The first kappa shape index (κ1) is 14.2. The number of ether oxygens (including phenoxy) is 1. The standard InChI is InChI=1S/C12H15F2NO.ClH/c13-12(14)16-10-6-2-5-9(7-10)11(15)8-3-1-4-8;/h2,5-8,11-12H,1,3-4,15H2;1H/t11-;/m1./s1. The Hall–Kier alpha value is -0.870. The predicted octanol–water partition coefficient (Wildman–Crippen LogP) is 3.51. The molecule has 0 unspecified atom stereocenters. The van der Waals surface area contributed by atoms with Crippen LogP contribution >= 0.6 is 12.4 Å². The maximum absolute atomic E-state index is 12.0. The molecule has 96 valence electrons. The second-order valence-corrected chi connectivity index (χ2v) is 4.17. The van der Waals surface area contributed by atoms with Gasteiger partial charge in [0.2, 0.25) is 0 Å². The molecule has 1 aliphatic rings. The van der Waals surface area contributed by atoms with E-state index in [1.807, 2.05) is 6.07 Å². The van der Waals surface area contributed by atoms with Crippen LogP contribution in [0.15, 0.2) is 24.3 Å². The predicted molar refractivity (Wildman–Crippen MR) is 64.6 cm³/mol. The molecule has 0 heterocycles. The third-order valence-electron chi connectivity index (χ3n) is 3.13. The Labute approximate surface area is 106 Å². The highest BCUT2D eigenvalue weighted by Crippen LogP contribution is 2.36. The molecule has 1 aromatic carbocycles. The molecular weight excluding hydrogens is 248 g/mol. The highest BCUT2D eigenvalue weighted by atomic mass is 35.5. The largest absolute Gasteiger partial charge is 0.435 e. The van der Waals surface area contributed by atoms with Crippen LogP contribution in [0.2, 0.25) is 0 Å². The lowest BCUT2D eigenvalue weighted by atomic mass is 9.77. The second-order valence-electron chi connectivity index (χ2n) is 4.17. The van der Waals surface area contributed by atoms with E-state index in [0.717, 1.165) is 18.4 Å². The third kappa shape index (κ3) is 3.54. The van der Waals surface area contributed by atoms with Crippen LogP contribution in [0.4, 0.5) is 8.78 Å². The minimum absolute atomic E-state index is 0. The lowest BCUT2D eigenvalue weighted by molar-refractivity contribution is -0.0499. The molecule has 0 aliphatic heterocycles. The summed E-state index contributed by atoms with van der Waals surface area (Å²) in [5.74, 6) is 0.670. The van der Waals surface area contributed by atoms with Crippen LogP contribution in [0.25, 0.3) is 0 Å². The minimum atomic E-state index is -2.78. The van der Waals surface area contributed by atoms with Crippen LogP contribution in [0.1, 0.15) is 30.9 Å². The van der Waals surface area contributed by atoms with Crippen molar-refractivity contribution in [1.29, 1.82) is 0 Å². The maximum Gasteiger partial charge on any atom is 0.387 e. The molecule has 1 aliphatic carbocycles. The molecule has 0 aromatic heterocycles. The first-order chi connectivity index (χ1) is 7.66. The quantitative estimate of drug-likeness (QED) is 0.902. The molecule has 17 heavy (non-hydrogen) atoms. The van der Waals surface area contributed by atoms with Crippen molar-refractivity contribution in [3.8, 4) is 5.75 Å². The summed E-state index contributed by atoms with van der Waals surface area (Å²) in [4.78, 5) is 0. The molecule has 0 saturated heterocycles. The van der Waals surface area contributed by atoms with E-state index in [1.54, 1.807) is 12.1 Å². The average molecular weight is 264 g/mol. The van der Waals surface area contributed by atoms with Crippen molar-refractivity contribution in [1.82, 2.24) is 0 Å². The van der Waals surface area contributed by atoms with Gasteiger partial charge in [0.1, 0.15) is 5.75 Å². The molecule has 1 aromatic rings. The van der Waals surface area contributed by atoms with Crippen LogP contribution in [-0.4, -0.2) is 6.61 Å². The van der Waals surface area contributed by atoms with Gasteiger partial charge in [-0.2, -0.15) is 8.78 Å². The van der Waals surface area contributed by atoms with E-state index < -0.39 is 6.61 Å². The normalized spacial score (nSPS) is 17.2. The lowest BCUT2D eigenvalue weighted by Gasteiger charge is -2.31. The summed E-state index contributed by atoms with van der Waals surface area (Å²) in [6.45, 7) is -2.78. The van der Waals surface area contributed by atoms with Crippen LogP contribution in [-0.2, 0) is 0 Å². The molecule has 2 rings (SSSR count). The molecule has 2 nitrogen and oxygen atoms in total. The van der Waals surface area contributed by atoms with Crippen molar-refractivity contribution in [3.05, 3.63) is 29.8 Å². The summed E-state index contributed by atoms with van der Waals surface area (Å²) in [6, 6.07) is 6.63. The van der Waals surface area contributed by atoms with E-state index in [4.69, 9.17) is 5.73 Å². The highest BCUT2D eigenvalue weighted by Gasteiger charge is 2.25. The molecule has 1 fully saturated rings. The molecule has 0 bridgehead atoms. The van der Waals surface area contributed by atoms with Gasteiger partial charge in [-0.3, -0.25) is 0 Å². The lowest BCUT2D eigenvalue weighted by Crippen LogP contribution is -2.26. The minimum Gasteiger partial charge on any atom is -0.435 e. The van der Waals surface area contributed by atoms with Crippen molar-refractivity contribution >= 4 is 12.4 Å². The van der Waals surface area contributed by atoms with Gasteiger partial charge in [-0.25, -0.2) is 0 Å². The SMILES string of the molecule is Cl.N[C@@H](c1cccc(OC(F)F)c1)C1CCC1. The zero-order valence-electron chi connectivity index (χ0n) is 9.31. The fourth-order valence-corrected chi connectivity index (χ4v) is 1.97. The van der Waals surface area contributed by atoms with Gasteiger partial charge in [0.15, 0.2) is 0 Å². The Bertz CT molecular complexity index is 358. The van der Waals surface area contributed by atoms with Crippen molar-refractivity contribution in [3.63, 3.8) is 0 Å². The number of halogens is 3. The maximum atomic E-state index is 12.0. The molecule has 0 radical (unpaired) electrons. The topological polar surface area (TPSA) is 35.2 Å². The Balaban J connectivity index is 0.00000144. The second kappa shape index (κ2) is 6.17. The summed E-state index contributed by atoms with van der Waals surface area (Å²) in [6.07, 6.45) is 3.47. The Kier molecular flexibility index (Phi) is 5.15. The zero-order valence-corrected chi connectivity index (χ0v) is 10.1. The summed E-state index contributed by atoms with van der Waals surface area (Å²) >= 11 is 0. The average Bonchev–Trinajstić information content (AvgIpc) is 2.14. The van der Waals surface area contributed by atoms with Crippen LogP contribution in [0, 0.1) is 5.92 Å². The number of nitrogens with two attached hydrogens (primary N) is 1. The van der Waals surface area contributed by atoms with E-state index in [0.29, 0.717) is 5.92 Å². The number of hydrogen-bond donors (Lipinski definition) is 1. The molecule has 0 spiro atoms. The molecule has 1 saturated carbocycles. The van der Waals surface area contributed by atoms with Gasteiger partial charge in [-0.15, -0.1) is 12.4 Å². The van der Waals surface area contributed by atoms with Gasteiger partial charge in [-0.05, 0) is 36.5 Å². The summed E-state index contributed by atoms with van der Waals surface area (Å²) in [5.41, 5.74) is 6.93. The Morgan fingerprint density at radius 3 is 2.53 bits per heavy atom. The van der Waals surface area contributed by atoms with Crippen molar-refractivity contribution < 1.29 is 13.5 Å². The number of rotatable bonds is 4. The molecule has 2 N–H and O–H groups in total. The van der Waals surface area contributed by atoms with Crippen LogP contribution in [0.3, 0.4) is 0 Å². The molecule has 0 amide bonds.